The summed E-state index contributed by atoms with van der Waals surface area (Å²) in [5.41, 5.74) is -8.77. The first-order valence-corrected chi connectivity index (χ1v) is 19.4. The number of benzene rings is 1. The van der Waals surface area contributed by atoms with E-state index in [1.807, 2.05) is 18.2 Å². The number of unbranched alkanes of at least 4 members (excludes halogenated alkanes) is 1. The van der Waals surface area contributed by atoms with Gasteiger partial charge >= 0.3 is 23.9 Å². The number of esters is 4. The Labute approximate surface area is 327 Å². The third-order valence-corrected chi connectivity index (χ3v) is 9.25. The van der Waals surface area contributed by atoms with E-state index in [1.165, 1.54) is 12.7 Å². The molecule has 55 heavy (non-hydrogen) atoms. The molecule has 312 valence electrons. The van der Waals surface area contributed by atoms with Crippen LogP contribution in [0.4, 0.5) is 0 Å². The number of methoxy groups -OCH3 is 1. The van der Waals surface area contributed by atoms with Crippen LogP contribution in [0.1, 0.15) is 134 Å². The fourth-order valence-corrected chi connectivity index (χ4v) is 6.84. The molecule has 0 spiro atoms. The molecule has 2 bridgehead atoms. The fraction of sp³-hybridized carbons (Fsp3) is 0.762. The smallest absolute Gasteiger partial charge is 0.347 e. The van der Waals surface area contributed by atoms with Crippen molar-refractivity contribution in [3.63, 3.8) is 0 Å². The molecule has 1 unspecified atom stereocenters. The maximum absolute atomic E-state index is 15.0. The molecule has 2 fully saturated rings. The molecule has 0 aliphatic carbocycles. The molecule has 0 aromatic heterocycles. The van der Waals surface area contributed by atoms with E-state index in [0.717, 1.165) is 12.8 Å². The van der Waals surface area contributed by atoms with Gasteiger partial charge in [-0.15, -0.1) is 0 Å². The summed E-state index contributed by atoms with van der Waals surface area (Å²) in [5.74, 6) is -8.00. The lowest BCUT2D eigenvalue weighted by Crippen LogP contribution is -2.79. The summed E-state index contributed by atoms with van der Waals surface area (Å²) in [6.07, 6.45) is -2.84. The van der Waals surface area contributed by atoms with Gasteiger partial charge in [0, 0.05) is 20.0 Å². The van der Waals surface area contributed by atoms with E-state index in [0.29, 0.717) is 25.2 Å². The zero-order valence-electron chi connectivity index (χ0n) is 35.5. The summed E-state index contributed by atoms with van der Waals surface area (Å²) >= 11 is 0. The highest BCUT2D eigenvalue weighted by Crippen LogP contribution is 2.58. The molecule has 0 saturated carbocycles. The molecule has 2 saturated heterocycles. The molecule has 13 heteroatoms. The molecule has 0 amide bonds. The molecule has 3 rings (SSSR count). The summed E-state index contributed by atoms with van der Waals surface area (Å²) in [4.78, 5) is 57.6. The number of rotatable bonds is 16. The van der Waals surface area contributed by atoms with Gasteiger partial charge in [-0.1, -0.05) is 57.0 Å². The minimum Gasteiger partial charge on any atom is -0.458 e. The van der Waals surface area contributed by atoms with Gasteiger partial charge in [0.2, 0.25) is 17.5 Å². The Bertz CT molecular complexity index is 1490. The standard InChI is InChI=1S/C42H66O13/c1-15-21-29(43)49-31-30(50-39(12,13)48-14)40(25-20-19-22-27(2)26-28-23-17-16-18-24-28)51-32(33(44)52-36(3,4)5)41(47,34(45)53-37(6,7)8)42(31,55-40)35(46)54-38(9,10)11/h16-18,23-24,27,30-32,47H,15,19-22,25-26H2,1-14H3/t27?,30-,31-,32-,40-,41-,42-/m1/s1. The molecule has 0 radical (unpaired) electrons. The van der Waals surface area contributed by atoms with E-state index in [9.17, 15) is 24.3 Å². The first-order chi connectivity index (χ1) is 25.2. The predicted octanol–water partition coefficient (Wildman–Crippen LogP) is 6.53. The van der Waals surface area contributed by atoms with E-state index in [-0.39, 0.29) is 12.8 Å². The summed E-state index contributed by atoms with van der Waals surface area (Å²) < 4.78 is 49.0. The average Bonchev–Trinajstić information content (AvgIpc) is 3.25. The normalized spacial score (nSPS) is 27.6. The van der Waals surface area contributed by atoms with Crippen LogP contribution in [0.15, 0.2) is 30.3 Å². The number of ether oxygens (including phenoxy) is 8. The summed E-state index contributed by atoms with van der Waals surface area (Å²) in [6.45, 7) is 21.3. The van der Waals surface area contributed by atoms with Crippen molar-refractivity contribution in [1.29, 1.82) is 0 Å². The third kappa shape index (κ3) is 11.1. The van der Waals surface area contributed by atoms with Crippen LogP contribution >= 0.6 is 0 Å². The highest BCUT2D eigenvalue weighted by atomic mass is 16.8. The highest BCUT2D eigenvalue weighted by molar-refractivity contribution is 6.00. The fourth-order valence-electron chi connectivity index (χ4n) is 6.84. The highest BCUT2D eigenvalue weighted by Gasteiger charge is 2.87. The Morgan fingerprint density at radius 3 is 1.91 bits per heavy atom. The van der Waals surface area contributed by atoms with Crippen molar-refractivity contribution in [1.82, 2.24) is 0 Å². The van der Waals surface area contributed by atoms with Crippen LogP contribution in [0.3, 0.4) is 0 Å². The van der Waals surface area contributed by atoms with Gasteiger partial charge in [-0.05, 0) is 107 Å². The lowest BCUT2D eigenvalue weighted by atomic mass is 9.74. The van der Waals surface area contributed by atoms with Gasteiger partial charge in [0.15, 0.2) is 18.0 Å². The Morgan fingerprint density at radius 1 is 0.818 bits per heavy atom. The predicted molar refractivity (Wildman–Crippen MR) is 202 cm³/mol. The SMILES string of the molecule is CCCC(=O)O[C@@H]1[C@@H](OC(C)(C)OC)[C@]2(CCCCC(C)Cc3ccccc3)O[C@H](C(=O)OC(C)(C)C)[C@@](O)(C(=O)OC(C)(C)C)[C@@]1(C(=O)OC(C)(C)C)O2. The molecular weight excluding hydrogens is 712 g/mol. The lowest BCUT2D eigenvalue weighted by molar-refractivity contribution is -0.388. The van der Waals surface area contributed by atoms with Crippen molar-refractivity contribution < 1.29 is 62.2 Å². The van der Waals surface area contributed by atoms with Crippen LogP contribution in [0.5, 0.6) is 0 Å². The Balaban J connectivity index is 2.35. The average molecular weight is 779 g/mol. The van der Waals surface area contributed by atoms with Gasteiger partial charge in [-0.3, -0.25) is 4.79 Å². The molecular formula is C42H66O13. The number of hydrogen-bond donors (Lipinski definition) is 1. The van der Waals surface area contributed by atoms with Crippen LogP contribution in [-0.2, 0) is 63.5 Å². The first-order valence-electron chi connectivity index (χ1n) is 19.4. The van der Waals surface area contributed by atoms with E-state index >= 15 is 0 Å². The van der Waals surface area contributed by atoms with Gasteiger partial charge in [0.25, 0.3) is 5.60 Å². The van der Waals surface area contributed by atoms with E-state index < -0.39 is 81.8 Å². The molecule has 13 nitrogen and oxygen atoms in total. The van der Waals surface area contributed by atoms with Gasteiger partial charge < -0.3 is 43.0 Å². The van der Waals surface area contributed by atoms with Crippen LogP contribution in [0.25, 0.3) is 0 Å². The molecule has 1 aromatic rings. The topological polar surface area (TPSA) is 162 Å². The van der Waals surface area contributed by atoms with Gasteiger partial charge in [-0.25, -0.2) is 14.4 Å². The second kappa shape index (κ2) is 17.2. The van der Waals surface area contributed by atoms with Gasteiger partial charge in [-0.2, -0.15) is 0 Å². The lowest BCUT2D eigenvalue weighted by Gasteiger charge is -2.51. The molecule has 2 aliphatic heterocycles. The Kier molecular flexibility index (Phi) is 14.5. The molecule has 7 atom stereocenters. The number of fused-ring (bicyclic) bond motifs is 2. The summed E-state index contributed by atoms with van der Waals surface area (Å²) in [7, 11) is 1.39. The van der Waals surface area contributed by atoms with E-state index in [1.54, 1.807) is 83.1 Å². The Hall–Kier alpha value is -3.10. The largest absolute Gasteiger partial charge is 0.458 e. The van der Waals surface area contributed by atoms with Gasteiger partial charge in [0.05, 0.1) is 0 Å². The quantitative estimate of drug-likeness (QED) is 0.0836. The maximum atomic E-state index is 15.0. The molecule has 2 heterocycles. The number of aliphatic hydroxyl groups is 1. The number of carbonyl (C=O) groups is 4. The monoisotopic (exact) mass is 778 g/mol. The van der Waals surface area contributed by atoms with Crippen LogP contribution < -0.4 is 0 Å². The van der Waals surface area contributed by atoms with Gasteiger partial charge in [0.1, 0.15) is 16.8 Å². The van der Waals surface area contributed by atoms with Crippen molar-refractivity contribution in [2.24, 2.45) is 5.92 Å². The minimum absolute atomic E-state index is 0.0361. The summed E-state index contributed by atoms with van der Waals surface area (Å²) in [5, 5.41) is 13.1. The first kappa shape index (κ1) is 46.3. The van der Waals surface area contributed by atoms with Crippen molar-refractivity contribution in [3.05, 3.63) is 35.9 Å². The maximum Gasteiger partial charge on any atom is 0.347 e. The van der Waals surface area contributed by atoms with Crippen molar-refractivity contribution in [2.75, 3.05) is 7.11 Å². The molecule has 1 aromatic carbocycles. The van der Waals surface area contributed by atoms with Crippen LogP contribution in [0, 0.1) is 5.92 Å². The van der Waals surface area contributed by atoms with Crippen molar-refractivity contribution in [3.8, 4) is 0 Å². The van der Waals surface area contributed by atoms with Crippen molar-refractivity contribution in [2.45, 2.75) is 193 Å². The number of carbonyl (C=O) groups excluding carboxylic acids is 4. The molecule has 1 N–H and O–H groups in total. The van der Waals surface area contributed by atoms with E-state index in [2.05, 4.69) is 19.1 Å². The minimum atomic E-state index is -3.36. The van der Waals surface area contributed by atoms with E-state index in [4.69, 9.17) is 37.9 Å². The zero-order valence-corrected chi connectivity index (χ0v) is 35.5. The Morgan fingerprint density at radius 2 is 1.38 bits per heavy atom. The zero-order chi connectivity index (χ0) is 41.8. The van der Waals surface area contributed by atoms with Crippen LogP contribution in [0.2, 0.25) is 0 Å². The second-order valence-electron chi connectivity index (χ2n) is 18.3. The number of hydrogen-bond acceptors (Lipinski definition) is 13. The second-order valence-corrected chi connectivity index (χ2v) is 18.3. The summed E-state index contributed by atoms with van der Waals surface area (Å²) in [6, 6.07) is 10.1. The third-order valence-electron chi connectivity index (χ3n) is 9.25. The molecule has 2 aliphatic rings. The van der Waals surface area contributed by atoms with Crippen molar-refractivity contribution >= 4 is 23.9 Å². The van der Waals surface area contributed by atoms with Crippen LogP contribution in [-0.4, -0.2) is 94.0 Å².